The summed E-state index contributed by atoms with van der Waals surface area (Å²) in [4.78, 5) is 19.5. The van der Waals surface area contributed by atoms with Gasteiger partial charge in [-0.05, 0) is 55.2 Å². The molecule has 1 unspecified atom stereocenters. The Morgan fingerprint density at radius 1 is 1.30 bits per heavy atom. The molecule has 0 aromatic carbocycles. The second-order valence-corrected chi connectivity index (χ2v) is 9.85. The Morgan fingerprint density at radius 3 is 2.77 bits per heavy atom. The van der Waals surface area contributed by atoms with E-state index in [-0.39, 0.29) is 17.5 Å². The van der Waals surface area contributed by atoms with E-state index < -0.39 is 0 Å². The number of aromatic nitrogens is 1. The quantitative estimate of drug-likeness (QED) is 0.764. The maximum Gasteiger partial charge on any atom is 0.315 e. The SMILES string of the molecule is Cc1cc2c(o1)CC(C)(C)CC2NC(=O)NCc1ccc(N2CCC(C)CC2)nc1. The second kappa shape index (κ2) is 8.32. The van der Waals surface area contributed by atoms with Crippen LogP contribution in [0.4, 0.5) is 10.6 Å². The normalized spacial score (nSPS) is 21.2. The number of furan rings is 1. The summed E-state index contributed by atoms with van der Waals surface area (Å²) in [6.45, 7) is 11.3. The number of pyridine rings is 1. The molecule has 2 N–H and O–H groups in total. The number of fused-ring (bicyclic) bond motifs is 1. The molecule has 0 saturated carbocycles. The van der Waals surface area contributed by atoms with Gasteiger partial charge in [0.15, 0.2) is 0 Å². The van der Waals surface area contributed by atoms with E-state index in [2.05, 4.69) is 59.5 Å². The van der Waals surface area contributed by atoms with Crippen LogP contribution in [-0.2, 0) is 13.0 Å². The lowest BCUT2D eigenvalue weighted by molar-refractivity contribution is 0.214. The Bertz CT molecular complexity index is 879. The molecule has 1 aliphatic heterocycles. The van der Waals surface area contributed by atoms with Crippen molar-refractivity contribution >= 4 is 11.8 Å². The predicted octanol–water partition coefficient (Wildman–Crippen LogP) is 4.73. The number of carbonyl (C=O) groups is 1. The van der Waals surface area contributed by atoms with E-state index in [1.807, 2.05) is 13.1 Å². The van der Waals surface area contributed by atoms with Crippen molar-refractivity contribution < 1.29 is 9.21 Å². The fourth-order valence-corrected chi connectivity index (χ4v) is 4.65. The van der Waals surface area contributed by atoms with Crippen molar-refractivity contribution in [3.63, 3.8) is 0 Å². The standard InChI is InChI=1S/C24H34N4O2/c1-16-7-9-28(10-8-16)22-6-5-18(14-25-22)15-26-23(29)27-20-12-24(3,4)13-21-19(20)11-17(2)30-21/h5-6,11,14,16,20H,7-10,12-13,15H2,1-4H3,(H2,26,27,29). The van der Waals surface area contributed by atoms with Crippen LogP contribution in [0.1, 0.15) is 68.7 Å². The first-order chi connectivity index (χ1) is 14.3. The highest BCUT2D eigenvalue weighted by Crippen LogP contribution is 2.41. The zero-order valence-electron chi connectivity index (χ0n) is 18.6. The van der Waals surface area contributed by atoms with E-state index in [4.69, 9.17) is 4.42 Å². The lowest BCUT2D eigenvalue weighted by Crippen LogP contribution is -2.41. The van der Waals surface area contributed by atoms with E-state index in [0.29, 0.717) is 6.54 Å². The number of nitrogens with one attached hydrogen (secondary N) is 2. The van der Waals surface area contributed by atoms with Gasteiger partial charge in [0.2, 0.25) is 0 Å². The summed E-state index contributed by atoms with van der Waals surface area (Å²) in [7, 11) is 0. The molecule has 30 heavy (non-hydrogen) atoms. The van der Waals surface area contributed by atoms with E-state index in [0.717, 1.165) is 60.3 Å². The first kappa shape index (κ1) is 20.8. The first-order valence-corrected chi connectivity index (χ1v) is 11.1. The fraction of sp³-hybridized carbons (Fsp3) is 0.583. The largest absolute Gasteiger partial charge is 0.466 e. The molecule has 1 saturated heterocycles. The maximum absolute atomic E-state index is 12.6. The lowest BCUT2D eigenvalue weighted by atomic mass is 9.75. The van der Waals surface area contributed by atoms with Crippen LogP contribution in [0.3, 0.4) is 0 Å². The van der Waals surface area contributed by atoms with Gasteiger partial charge in [0.25, 0.3) is 0 Å². The molecule has 6 nitrogen and oxygen atoms in total. The van der Waals surface area contributed by atoms with E-state index in [1.54, 1.807) is 0 Å². The van der Waals surface area contributed by atoms with Crippen LogP contribution in [0.15, 0.2) is 28.8 Å². The van der Waals surface area contributed by atoms with Gasteiger partial charge in [0.1, 0.15) is 17.3 Å². The average molecular weight is 411 g/mol. The minimum atomic E-state index is -0.156. The Kier molecular flexibility index (Phi) is 5.76. The number of nitrogens with zero attached hydrogens (tertiary/aromatic N) is 2. The van der Waals surface area contributed by atoms with Gasteiger partial charge in [-0.25, -0.2) is 9.78 Å². The number of anilines is 1. The smallest absolute Gasteiger partial charge is 0.315 e. The molecule has 0 spiro atoms. The summed E-state index contributed by atoms with van der Waals surface area (Å²) in [5, 5.41) is 6.12. The molecular formula is C24H34N4O2. The predicted molar refractivity (Wildman–Crippen MR) is 119 cm³/mol. The summed E-state index contributed by atoms with van der Waals surface area (Å²) in [6.07, 6.45) is 6.12. The number of hydrogen-bond acceptors (Lipinski definition) is 4. The van der Waals surface area contributed by atoms with Crippen LogP contribution in [-0.4, -0.2) is 24.1 Å². The molecule has 2 amide bonds. The Morgan fingerprint density at radius 2 is 2.07 bits per heavy atom. The minimum Gasteiger partial charge on any atom is -0.466 e. The number of amides is 2. The van der Waals surface area contributed by atoms with Gasteiger partial charge in [0.05, 0.1) is 6.04 Å². The highest BCUT2D eigenvalue weighted by molar-refractivity contribution is 5.74. The van der Waals surface area contributed by atoms with Crippen LogP contribution < -0.4 is 15.5 Å². The highest BCUT2D eigenvalue weighted by Gasteiger charge is 2.35. The summed E-state index contributed by atoms with van der Waals surface area (Å²) in [5.41, 5.74) is 2.22. The van der Waals surface area contributed by atoms with Gasteiger partial charge < -0.3 is 20.0 Å². The van der Waals surface area contributed by atoms with Gasteiger partial charge in [0, 0.05) is 37.8 Å². The summed E-state index contributed by atoms with van der Waals surface area (Å²) in [5.74, 6) is 3.74. The average Bonchev–Trinajstić information content (AvgIpc) is 3.06. The number of urea groups is 1. The van der Waals surface area contributed by atoms with E-state index in [1.165, 1.54) is 12.8 Å². The lowest BCUT2D eigenvalue weighted by Gasteiger charge is -2.34. The van der Waals surface area contributed by atoms with Gasteiger partial charge in [-0.2, -0.15) is 0 Å². The van der Waals surface area contributed by atoms with Crippen LogP contribution in [0.2, 0.25) is 0 Å². The molecule has 2 aliphatic rings. The number of piperidine rings is 1. The molecule has 2 aromatic heterocycles. The zero-order valence-corrected chi connectivity index (χ0v) is 18.6. The molecule has 1 atom stereocenters. The Balaban J connectivity index is 1.32. The minimum absolute atomic E-state index is 0.0248. The van der Waals surface area contributed by atoms with Crippen molar-refractivity contribution in [3.05, 3.63) is 47.0 Å². The van der Waals surface area contributed by atoms with Crippen LogP contribution in [0.25, 0.3) is 0 Å². The van der Waals surface area contributed by atoms with Gasteiger partial charge >= 0.3 is 6.03 Å². The molecule has 0 bridgehead atoms. The third-order valence-electron chi connectivity index (χ3n) is 6.41. The van der Waals surface area contributed by atoms with Crippen molar-refractivity contribution in [1.82, 2.24) is 15.6 Å². The number of rotatable bonds is 4. The summed E-state index contributed by atoms with van der Waals surface area (Å²) < 4.78 is 5.87. The third kappa shape index (κ3) is 4.79. The number of hydrogen-bond donors (Lipinski definition) is 2. The van der Waals surface area contributed by atoms with Gasteiger partial charge in [-0.15, -0.1) is 0 Å². The highest BCUT2D eigenvalue weighted by atomic mass is 16.3. The molecule has 0 radical (unpaired) electrons. The summed E-state index contributed by atoms with van der Waals surface area (Å²) >= 11 is 0. The van der Waals surface area contributed by atoms with E-state index in [9.17, 15) is 4.79 Å². The molecular weight excluding hydrogens is 376 g/mol. The van der Waals surface area contributed by atoms with Crippen molar-refractivity contribution in [2.24, 2.45) is 11.3 Å². The monoisotopic (exact) mass is 410 g/mol. The van der Waals surface area contributed by atoms with Crippen LogP contribution in [0, 0.1) is 18.3 Å². The van der Waals surface area contributed by atoms with Gasteiger partial charge in [-0.1, -0.05) is 26.8 Å². The molecule has 1 fully saturated rings. The molecule has 4 rings (SSSR count). The molecule has 3 heterocycles. The van der Waals surface area contributed by atoms with E-state index >= 15 is 0 Å². The summed E-state index contributed by atoms with van der Waals surface area (Å²) in [6, 6.07) is 6.00. The second-order valence-electron chi connectivity index (χ2n) is 9.85. The van der Waals surface area contributed by atoms with Gasteiger partial charge in [-0.3, -0.25) is 0 Å². The maximum atomic E-state index is 12.6. The van der Waals surface area contributed by atoms with Crippen molar-refractivity contribution in [3.8, 4) is 0 Å². The topological polar surface area (TPSA) is 70.4 Å². The van der Waals surface area contributed by atoms with Crippen LogP contribution >= 0.6 is 0 Å². The zero-order chi connectivity index (χ0) is 21.3. The molecule has 162 valence electrons. The van der Waals surface area contributed by atoms with Crippen LogP contribution in [0.5, 0.6) is 0 Å². The Hall–Kier alpha value is -2.50. The van der Waals surface area contributed by atoms with Crippen molar-refractivity contribution in [1.29, 1.82) is 0 Å². The molecule has 6 heteroatoms. The van der Waals surface area contributed by atoms with Crippen molar-refractivity contribution in [2.75, 3.05) is 18.0 Å². The van der Waals surface area contributed by atoms with Crippen molar-refractivity contribution in [2.45, 2.75) is 66.0 Å². The Labute approximate surface area is 179 Å². The fourth-order valence-electron chi connectivity index (χ4n) is 4.65. The number of aryl methyl sites for hydroxylation is 1. The molecule has 2 aromatic rings. The first-order valence-electron chi connectivity index (χ1n) is 11.1. The molecule has 1 aliphatic carbocycles. The number of carbonyl (C=O) groups excluding carboxylic acids is 1. The third-order valence-corrected chi connectivity index (χ3v) is 6.41.